The Hall–Kier alpha value is -1.40. The molecule has 0 radical (unpaired) electrons. The molecule has 5 N–H and O–H groups in total. The number of H-pyrrole nitrogens is 1. The number of aliphatic hydroxyl groups excluding tert-OH is 2. The zero-order chi connectivity index (χ0) is 18.0. The van der Waals surface area contributed by atoms with Crippen molar-refractivity contribution in [3.8, 4) is 0 Å². The van der Waals surface area contributed by atoms with E-state index in [0.717, 1.165) is 25.7 Å². The molecule has 1 heterocycles. The Morgan fingerprint density at radius 1 is 1.32 bits per heavy atom. The molecule has 2 aliphatic carbocycles. The number of amides is 1. The van der Waals surface area contributed by atoms with Gasteiger partial charge in [0.1, 0.15) is 0 Å². The predicted octanol–water partition coefficient (Wildman–Crippen LogP) is 1.87. The molecule has 2 fully saturated rings. The summed E-state index contributed by atoms with van der Waals surface area (Å²) in [4.78, 5) is 19.6. The maximum absolute atomic E-state index is 12.5. The van der Waals surface area contributed by atoms with Gasteiger partial charge in [-0.05, 0) is 38.0 Å². The fourth-order valence-corrected chi connectivity index (χ4v) is 4.51. The molecule has 4 atom stereocenters. The van der Waals surface area contributed by atoms with E-state index in [-0.39, 0.29) is 5.92 Å². The number of nitrogens with two attached hydrogens (primary N) is 1. The number of nitrogens with one attached hydrogen (secondary N) is 1. The smallest absolute Gasteiger partial charge is 0.229 e. The molecule has 1 unspecified atom stereocenters. The number of hydrogen-bond acceptors (Lipinski definition) is 4. The van der Waals surface area contributed by atoms with Gasteiger partial charge < -0.3 is 20.9 Å². The summed E-state index contributed by atoms with van der Waals surface area (Å²) < 4.78 is 0. The van der Waals surface area contributed by atoms with E-state index in [2.05, 4.69) is 9.97 Å². The third kappa shape index (κ3) is 3.75. The lowest BCUT2D eigenvalue weighted by Crippen LogP contribution is -2.53. The van der Waals surface area contributed by atoms with Crippen LogP contribution in [-0.4, -0.2) is 38.3 Å². The van der Waals surface area contributed by atoms with Crippen molar-refractivity contribution in [1.82, 2.24) is 9.97 Å². The molecule has 0 saturated heterocycles. The monoisotopic (exact) mass is 349 g/mol. The molecule has 0 aliphatic heterocycles. The molecule has 0 spiro atoms. The minimum Gasteiger partial charge on any atom is -0.390 e. The van der Waals surface area contributed by atoms with Gasteiger partial charge in [-0.15, -0.1) is 0 Å². The molecule has 3 rings (SSSR count). The number of imidazole rings is 1. The van der Waals surface area contributed by atoms with E-state index < -0.39 is 29.4 Å². The van der Waals surface area contributed by atoms with Gasteiger partial charge in [0.05, 0.1) is 29.6 Å². The Labute approximate surface area is 149 Å². The zero-order valence-electron chi connectivity index (χ0n) is 15.0. The van der Waals surface area contributed by atoms with Crippen molar-refractivity contribution in [2.45, 2.75) is 75.9 Å². The van der Waals surface area contributed by atoms with Crippen LogP contribution < -0.4 is 5.73 Å². The number of aromatic amines is 1. The summed E-state index contributed by atoms with van der Waals surface area (Å²) in [5.41, 5.74) is 5.35. The van der Waals surface area contributed by atoms with E-state index in [1.807, 2.05) is 0 Å². The second-order valence-electron chi connectivity index (χ2n) is 8.20. The summed E-state index contributed by atoms with van der Waals surface area (Å²) in [5, 5.41) is 21.6. The Balaban J connectivity index is 1.90. The standard InChI is InChI=1S/C19H31N3O3/c1-19(18(20)25,15-10-21-11-22-15)14(9-12-5-3-2-4-6-12)17(24)16(23)13-7-8-13/h10-14,16-17,23-24H,2-9H2,1H3,(H2,20,25)(H,21,22)/t14-,16+,17-,19?/m0/s1. The van der Waals surface area contributed by atoms with Crippen LogP contribution in [0.2, 0.25) is 0 Å². The Morgan fingerprint density at radius 3 is 2.52 bits per heavy atom. The molecule has 1 aromatic rings. The van der Waals surface area contributed by atoms with Gasteiger partial charge in [-0.1, -0.05) is 32.1 Å². The SMILES string of the molecule is CC(C(N)=O)(c1cnc[nH]1)[C@@H](CC1CCCCC1)[C@H](O)[C@H](O)C1CC1. The van der Waals surface area contributed by atoms with Crippen LogP contribution in [0.25, 0.3) is 0 Å². The summed E-state index contributed by atoms with van der Waals surface area (Å²) in [7, 11) is 0. The topological polar surface area (TPSA) is 112 Å². The van der Waals surface area contributed by atoms with E-state index in [9.17, 15) is 15.0 Å². The molecule has 6 nitrogen and oxygen atoms in total. The van der Waals surface area contributed by atoms with Crippen LogP contribution in [0, 0.1) is 17.8 Å². The lowest BCUT2D eigenvalue weighted by atomic mass is 9.65. The molecular formula is C19H31N3O3. The second kappa shape index (κ2) is 7.46. The Bertz CT molecular complexity index is 566. The van der Waals surface area contributed by atoms with E-state index in [1.165, 1.54) is 25.6 Å². The summed E-state index contributed by atoms with van der Waals surface area (Å²) in [6.07, 6.45) is 9.80. The minimum atomic E-state index is -1.08. The molecular weight excluding hydrogens is 318 g/mol. The van der Waals surface area contributed by atoms with Crippen molar-refractivity contribution >= 4 is 5.91 Å². The van der Waals surface area contributed by atoms with Crippen LogP contribution >= 0.6 is 0 Å². The first-order chi connectivity index (χ1) is 11.9. The first-order valence-electron chi connectivity index (χ1n) is 9.59. The molecule has 0 bridgehead atoms. The molecule has 25 heavy (non-hydrogen) atoms. The van der Waals surface area contributed by atoms with E-state index in [0.29, 0.717) is 18.0 Å². The molecule has 0 aromatic carbocycles. The summed E-state index contributed by atoms with van der Waals surface area (Å²) in [6, 6.07) is 0. The average molecular weight is 349 g/mol. The molecule has 1 amide bonds. The number of nitrogens with zero attached hydrogens (tertiary/aromatic N) is 1. The van der Waals surface area contributed by atoms with Crippen molar-refractivity contribution in [3.05, 3.63) is 18.2 Å². The predicted molar refractivity (Wildman–Crippen MR) is 94.6 cm³/mol. The number of carbonyl (C=O) groups excluding carboxylic acids is 1. The first kappa shape index (κ1) is 18.4. The lowest BCUT2D eigenvalue weighted by Gasteiger charge is -2.41. The van der Waals surface area contributed by atoms with Crippen LogP contribution in [-0.2, 0) is 10.2 Å². The third-order valence-electron chi connectivity index (χ3n) is 6.49. The summed E-state index contributed by atoms with van der Waals surface area (Å²) in [6.45, 7) is 1.78. The number of primary amides is 1. The van der Waals surface area contributed by atoms with Crippen LogP contribution in [0.4, 0.5) is 0 Å². The number of aliphatic hydroxyl groups is 2. The van der Waals surface area contributed by atoms with Crippen LogP contribution in [0.5, 0.6) is 0 Å². The van der Waals surface area contributed by atoms with Gasteiger partial charge in [-0.2, -0.15) is 0 Å². The highest BCUT2D eigenvalue weighted by Gasteiger charge is 2.50. The van der Waals surface area contributed by atoms with Gasteiger partial charge in [-0.3, -0.25) is 4.79 Å². The van der Waals surface area contributed by atoms with Crippen LogP contribution in [0.15, 0.2) is 12.5 Å². The summed E-state index contributed by atoms with van der Waals surface area (Å²) >= 11 is 0. The largest absolute Gasteiger partial charge is 0.390 e. The van der Waals surface area contributed by atoms with Crippen molar-refractivity contribution in [2.24, 2.45) is 23.5 Å². The Kier molecular flexibility index (Phi) is 5.49. The fourth-order valence-electron chi connectivity index (χ4n) is 4.51. The van der Waals surface area contributed by atoms with Crippen molar-refractivity contribution < 1.29 is 15.0 Å². The molecule has 140 valence electrons. The van der Waals surface area contributed by atoms with E-state index in [4.69, 9.17) is 5.73 Å². The molecule has 2 aliphatic rings. The highest BCUT2D eigenvalue weighted by atomic mass is 16.3. The quantitative estimate of drug-likeness (QED) is 0.574. The minimum absolute atomic E-state index is 0.141. The van der Waals surface area contributed by atoms with E-state index in [1.54, 1.807) is 13.1 Å². The van der Waals surface area contributed by atoms with Crippen LogP contribution in [0.1, 0.15) is 64.0 Å². The number of hydrogen-bond donors (Lipinski definition) is 4. The van der Waals surface area contributed by atoms with Crippen molar-refractivity contribution in [2.75, 3.05) is 0 Å². The normalized spacial score (nSPS) is 25.1. The summed E-state index contributed by atoms with van der Waals surface area (Å²) in [5.74, 6) is -0.312. The van der Waals surface area contributed by atoms with Gasteiger partial charge in [0.25, 0.3) is 0 Å². The molecule has 2 saturated carbocycles. The van der Waals surface area contributed by atoms with Crippen molar-refractivity contribution in [3.63, 3.8) is 0 Å². The highest BCUT2D eigenvalue weighted by molar-refractivity contribution is 5.86. The second-order valence-corrected chi connectivity index (χ2v) is 8.20. The third-order valence-corrected chi connectivity index (χ3v) is 6.49. The van der Waals surface area contributed by atoms with Crippen LogP contribution in [0.3, 0.4) is 0 Å². The number of carbonyl (C=O) groups is 1. The fraction of sp³-hybridized carbons (Fsp3) is 0.789. The number of rotatable bonds is 8. The van der Waals surface area contributed by atoms with Gasteiger partial charge in [-0.25, -0.2) is 4.98 Å². The maximum atomic E-state index is 12.5. The first-order valence-corrected chi connectivity index (χ1v) is 9.59. The van der Waals surface area contributed by atoms with E-state index >= 15 is 0 Å². The Morgan fingerprint density at radius 2 is 2.00 bits per heavy atom. The van der Waals surface area contributed by atoms with Crippen molar-refractivity contribution in [1.29, 1.82) is 0 Å². The van der Waals surface area contributed by atoms with Gasteiger partial charge in [0.2, 0.25) is 5.91 Å². The van der Waals surface area contributed by atoms with Gasteiger partial charge >= 0.3 is 0 Å². The van der Waals surface area contributed by atoms with Gasteiger partial charge in [0, 0.05) is 12.1 Å². The zero-order valence-corrected chi connectivity index (χ0v) is 15.0. The number of aromatic nitrogens is 2. The van der Waals surface area contributed by atoms with Gasteiger partial charge in [0.15, 0.2) is 0 Å². The molecule has 6 heteroatoms. The highest BCUT2D eigenvalue weighted by Crippen LogP contribution is 2.44. The average Bonchev–Trinajstić information content (AvgIpc) is 3.32. The maximum Gasteiger partial charge on any atom is 0.229 e. The molecule has 1 aromatic heterocycles. The lowest BCUT2D eigenvalue weighted by molar-refractivity contribution is -0.130.